The average Bonchev–Trinajstić information content (AvgIpc) is 3.23. The van der Waals surface area contributed by atoms with Gasteiger partial charge in [-0.25, -0.2) is 4.79 Å². The van der Waals surface area contributed by atoms with Crippen molar-refractivity contribution in [1.29, 1.82) is 0 Å². The fourth-order valence-electron chi connectivity index (χ4n) is 3.50. The summed E-state index contributed by atoms with van der Waals surface area (Å²) in [5, 5.41) is 5.80. The van der Waals surface area contributed by atoms with Gasteiger partial charge in [-0.3, -0.25) is 4.79 Å². The summed E-state index contributed by atoms with van der Waals surface area (Å²) in [7, 11) is 0. The highest BCUT2D eigenvalue weighted by molar-refractivity contribution is 5.97. The first kappa shape index (κ1) is 18.2. The van der Waals surface area contributed by atoms with E-state index in [1.165, 1.54) is 0 Å². The van der Waals surface area contributed by atoms with Crippen LogP contribution in [0.2, 0.25) is 0 Å². The van der Waals surface area contributed by atoms with E-state index in [0.717, 1.165) is 12.0 Å². The lowest BCUT2D eigenvalue weighted by Gasteiger charge is -2.25. The normalized spacial score (nSPS) is 17.9. The van der Waals surface area contributed by atoms with Crippen molar-refractivity contribution in [3.05, 3.63) is 54.1 Å². The molecular formula is C21H23N3O4. The van der Waals surface area contributed by atoms with Crippen LogP contribution in [0.15, 0.2) is 48.5 Å². The van der Waals surface area contributed by atoms with Gasteiger partial charge in [-0.15, -0.1) is 0 Å². The maximum absolute atomic E-state index is 12.8. The molecule has 3 amide bonds. The first-order valence-corrected chi connectivity index (χ1v) is 9.49. The van der Waals surface area contributed by atoms with Crippen LogP contribution in [0, 0.1) is 0 Å². The van der Waals surface area contributed by atoms with Gasteiger partial charge in [0.25, 0.3) is 0 Å². The molecule has 0 radical (unpaired) electrons. The van der Waals surface area contributed by atoms with E-state index >= 15 is 0 Å². The number of benzene rings is 2. The summed E-state index contributed by atoms with van der Waals surface area (Å²) in [5.74, 6) is 1.10. The molecule has 1 unspecified atom stereocenters. The van der Waals surface area contributed by atoms with Crippen molar-refractivity contribution in [1.82, 2.24) is 10.2 Å². The number of hydrogen-bond donors (Lipinski definition) is 2. The fraction of sp³-hybridized carbons (Fsp3) is 0.333. The van der Waals surface area contributed by atoms with E-state index in [0.29, 0.717) is 49.9 Å². The largest absolute Gasteiger partial charge is 0.486 e. The van der Waals surface area contributed by atoms with Crippen molar-refractivity contribution in [2.75, 3.05) is 25.1 Å². The van der Waals surface area contributed by atoms with Crippen LogP contribution >= 0.6 is 0 Å². The van der Waals surface area contributed by atoms with Crippen molar-refractivity contribution in [2.24, 2.45) is 0 Å². The maximum Gasteiger partial charge on any atom is 0.318 e. The molecule has 1 fully saturated rings. The maximum atomic E-state index is 12.8. The number of rotatable bonds is 4. The van der Waals surface area contributed by atoms with Crippen LogP contribution in [-0.2, 0) is 11.3 Å². The zero-order valence-corrected chi connectivity index (χ0v) is 15.5. The van der Waals surface area contributed by atoms with Crippen molar-refractivity contribution in [3.8, 4) is 11.5 Å². The molecule has 1 saturated heterocycles. The average molecular weight is 381 g/mol. The Morgan fingerprint density at radius 3 is 2.64 bits per heavy atom. The molecule has 2 aromatic carbocycles. The van der Waals surface area contributed by atoms with Crippen LogP contribution in [0.3, 0.4) is 0 Å². The number of likely N-dealkylation sites (tertiary alicyclic amines) is 1. The zero-order chi connectivity index (χ0) is 19.3. The van der Waals surface area contributed by atoms with E-state index in [4.69, 9.17) is 9.47 Å². The molecule has 0 aliphatic carbocycles. The number of hydrogen-bond acceptors (Lipinski definition) is 4. The lowest BCUT2D eigenvalue weighted by Crippen LogP contribution is -2.47. The number of carbonyl (C=O) groups excluding carboxylic acids is 2. The zero-order valence-electron chi connectivity index (χ0n) is 15.5. The third kappa shape index (κ3) is 4.03. The number of ether oxygens (including phenoxy) is 2. The molecule has 28 heavy (non-hydrogen) atoms. The molecule has 7 heteroatoms. The number of fused-ring (bicyclic) bond motifs is 1. The van der Waals surface area contributed by atoms with E-state index in [2.05, 4.69) is 10.6 Å². The first-order valence-electron chi connectivity index (χ1n) is 9.49. The lowest BCUT2D eigenvalue weighted by atomic mass is 10.2. The quantitative estimate of drug-likeness (QED) is 0.854. The smallest absolute Gasteiger partial charge is 0.318 e. The Labute approximate surface area is 163 Å². The third-order valence-electron chi connectivity index (χ3n) is 4.91. The molecule has 2 aromatic rings. The van der Waals surface area contributed by atoms with Crippen molar-refractivity contribution < 1.29 is 19.1 Å². The van der Waals surface area contributed by atoms with Gasteiger partial charge < -0.3 is 25.0 Å². The van der Waals surface area contributed by atoms with Gasteiger partial charge in [0.15, 0.2) is 11.5 Å². The topological polar surface area (TPSA) is 79.9 Å². The van der Waals surface area contributed by atoms with Gasteiger partial charge in [0.2, 0.25) is 5.91 Å². The summed E-state index contributed by atoms with van der Waals surface area (Å²) in [6, 6.07) is 14.3. The lowest BCUT2D eigenvalue weighted by molar-refractivity contribution is -0.119. The van der Waals surface area contributed by atoms with Crippen molar-refractivity contribution in [3.63, 3.8) is 0 Å². The van der Waals surface area contributed by atoms with Crippen LogP contribution in [0.25, 0.3) is 0 Å². The summed E-state index contributed by atoms with van der Waals surface area (Å²) < 4.78 is 11.0. The van der Waals surface area contributed by atoms with Crippen LogP contribution in [-0.4, -0.2) is 42.6 Å². The molecule has 2 aliphatic heterocycles. The molecule has 2 heterocycles. The van der Waals surface area contributed by atoms with E-state index in [9.17, 15) is 9.59 Å². The monoisotopic (exact) mass is 381 g/mol. The number of amides is 3. The molecule has 1 atom stereocenters. The van der Waals surface area contributed by atoms with Crippen LogP contribution in [0.4, 0.5) is 10.5 Å². The minimum absolute atomic E-state index is 0.191. The molecule has 7 nitrogen and oxygen atoms in total. The second kappa shape index (κ2) is 8.21. The Morgan fingerprint density at radius 1 is 1.04 bits per heavy atom. The fourth-order valence-corrected chi connectivity index (χ4v) is 3.50. The third-order valence-corrected chi connectivity index (χ3v) is 4.91. The number of urea groups is 1. The van der Waals surface area contributed by atoms with Crippen molar-refractivity contribution in [2.45, 2.75) is 25.4 Å². The van der Waals surface area contributed by atoms with E-state index in [1.807, 2.05) is 30.3 Å². The number of nitrogens with one attached hydrogen (secondary N) is 2. The van der Waals surface area contributed by atoms with E-state index in [1.54, 1.807) is 23.1 Å². The first-order chi connectivity index (χ1) is 13.7. The van der Waals surface area contributed by atoms with Gasteiger partial charge >= 0.3 is 6.03 Å². The van der Waals surface area contributed by atoms with Crippen LogP contribution in [0.1, 0.15) is 18.4 Å². The molecule has 2 aliphatic rings. The number of nitrogens with zero attached hydrogens (tertiary/aromatic N) is 1. The number of anilines is 1. The van der Waals surface area contributed by atoms with Gasteiger partial charge in [0.05, 0.1) is 0 Å². The Kier molecular flexibility index (Phi) is 5.32. The predicted octanol–water partition coefficient (Wildman–Crippen LogP) is 2.77. The molecule has 0 bridgehead atoms. The summed E-state index contributed by atoms with van der Waals surface area (Å²) in [6.07, 6.45) is 1.45. The summed E-state index contributed by atoms with van der Waals surface area (Å²) in [5.41, 5.74) is 1.65. The Bertz CT molecular complexity index is 856. The Morgan fingerprint density at radius 2 is 1.82 bits per heavy atom. The molecule has 0 spiro atoms. The van der Waals surface area contributed by atoms with Gasteiger partial charge in [-0.05, 0) is 30.5 Å². The highest BCUT2D eigenvalue weighted by Gasteiger charge is 2.34. The van der Waals surface area contributed by atoms with E-state index in [-0.39, 0.29) is 11.9 Å². The summed E-state index contributed by atoms with van der Waals surface area (Å²) >= 11 is 0. The SMILES string of the molecule is O=C(Nc1ccc2c(c1)OCCO2)C1CCCN1C(=O)NCc1ccccc1. The standard InChI is InChI=1S/C21H23N3O4/c25-20(23-16-8-9-18-19(13-16)28-12-11-27-18)17-7-4-10-24(17)21(26)22-14-15-5-2-1-3-6-15/h1-3,5-6,8-9,13,17H,4,7,10-12,14H2,(H,22,26)(H,23,25). The predicted molar refractivity (Wildman–Crippen MR) is 104 cm³/mol. The molecule has 0 aromatic heterocycles. The molecule has 146 valence electrons. The second-order valence-electron chi connectivity index (χ2n) is 6.84. The molecule has 0 saturated carbocycles. The number of carbonyl (C=O) groups is 2. The van der Waals surface area contributed by atoms with Gasteiger partial charge in [0, 0.05) is 24.8 Å². The highest BCUT2D eigenvalue weighted by atomic mass is 16.6. The summed E-state index contributed by atoms with van der Waals surface area (Å²) in [4.78, 5) is 27.0. The van der Waals surface area contributed by atoms with Crippen LogP contribution < -0.4 is 20.1 Å². The molecule has 4 rings (SSSR count). The molecule has 2 N–H and O–H groups in total. The minimum atomic E-state index is -0.482. The summed E-state index contributed by atoms with van der Waals surface area (Å²) in [6.45, 7) is 2.02. The minimum Gasteiger partial charge on any atom is -0.486 e. The van der Waals surface area contributed by atoms with Gasteiger partial charge in [-0.1, -0.05) is 30.3 Å². The van der Waals surface area contributed by atoms with Gasteiger partial charge in [0.1, 0.15) is 19.3 Å². The van der Waals surface area contributed by atoms with Gasteiger partial charge in [-0.2, -0.15) is 0 Å². The molecular weight excluding hydrogens is 358 g/mol. The van der Waals surface area contributed by atoms with E-state index < -0.39 is 6.04 Å². The van der Waals surface area contributed by atoms with Crippen molar-refractivity contribution >= 4 is 17.6 Å². The highest BCUT2D eigenvalue weighted by Crippen LogP contribution is 2.33. The van der Waals surface area contributed by atoms with Crippen LogP contribution in [0.5, 0.6) is 11.5 Å². The Hall–Kier alpha value is -3.22. The Balaban J connectivity index is 1.37. The second-order valence-corrected chi connectivity index (χ2v) is 6.84.